The van der Waals surface area contributed by atoms with E-state index in [9.17, 15) is 5.11 Å². The van der Waals surface area contributed by atoms with Crippen molar-refractivity contribution in [3.63, 3.8) is 0 Å². The summed E-state index contributed by atoms with van der Waals surface area (Å²) in [5.41, 5.74) is 2.67. The average molecular weight is 372 g/mol. The van der Waals surface area contributed by atoms with E-state index in [1.54, 1.807) is 5.70 Å². The minimum absolute atomic E-state index is 0.0282. The highest BCUT2D eigenvalue weighted by atomic mass is 16.3. The van der Waals surface area contributed by atoms with Gasteiger partial charge >= 0.3 is 0 Å². The Bertz CT molecular complexity index is 607. The molecule has 0 aromatic heterocycles. The van der Waals surface area contributed by atoms with Gasteiger partial charge in [0, 0.05) is 24.2 Å². The molecule has 1 N–H and O–H groups in total. The van der Waals surface area contributed by atoms with Crippen molar-refractivity contribution in [2.75, 3.05) is 13.1 Å². The fourth-order valence-corrected chi connectivity index (χ4v) is 8.79. The molecule has 1 unspecified atom stereocenters. The number of hydrogen-bond donors (Lipinski definition) is 1. The van der Waals surface area contributed by atoms with Crippen LogP contribution in [0.25, 0.3) is 0 Å². The Balaban J connectivity index is 1.42. The van der Waals surface area contributed by atoms with Crippen molar-refractivity contribution >= 4 is 0 Å². The molecule has 5 aliphatic rings. The highest BCUT2D eigenvalue weighted by Crippen LogP contribution is 2.67. The van der Waals surface area contributed by atoms with E-state index < -0.39 is 0 Å². The van der Waals surface area contributed by atoms with E-state index in [1.807, 2.05) is 0 Å². The van der Waals surface area contributed by atoms with Gasteiger partial charge in [-0.25, -0.2) is 0 Å². The highest BCUT2D eigenvalue weighted by molar-refractivity contribution is 5.25. The number of hydrogen-bond acceptors (Lipinski definition) is 2. The summed E-state index contributed by atoms with van der Waals surface area (Å²) in [5.74, 6) is 4.26. The third-order valence-electron chi connectivity index (χ3n) is 10.2. The van der Waals surface area contributed by atoms with Crippen LogP contribution in [0.5, 0.6) is 0 Å². The molecule has 0 amide bonds. The molecule has 8 atom stereocenters. The van der Waals surface area contributed by atoms with Gasteiger partial charge in [-0.2, -0.15) is 0 Å². The second kappa shape index (κ2) is 6.51. The van der Waals surface area contributed by atoms with E-state index in [0.717, 1.165) is 42.4 Å². The van der Waals surface area contributed by atoms with Crippen LogP contribution in [-0.4, -0.2) is 29.2 Å². The Kier molecular flexibility index (Phi) is 4.46. The van der Waals surface area contributed by atoms with Gasteiger partial charge in [-0.1, -0.05) is 26.8 Å². The topological polar surface area (TPSA) is 23.5 Å². The minimum atomic E-state index is -0.0282. The average Bonchev–Trinajstić information content (AvgIpc) is 3.01. The Morgan fingerprint density at radius 3 is 2.56 bits per heavy atom. The summed E-state index contributed by atoms with van der Waals surface area (Å²) in [4.78, 5) is 2.78. The Morgan fingerprint density at radius 1 is 1.00 bits per heavy atom. The molecule has 0 aromatic carbocycles. The van der Waals surface area contributed by atoms with E-state index in [0.29, 0.717) is 10.8 Å². The molecule has 1 saturated heterocycles. The molecular formula is C25H41NO. The van der Waals surface area contributed by atoms with Crippen LogP contribution in [0, 0.1) is 40.4 Å². The molecule has 2 nitrogen and oxygen atoms in total. The molecular weight excluding hydrogens is 330 g/mol. The van der Waals surface area contributed by atoms with Gasteiger partial charge in [0.1, 0.15) is 0 Å². The zero-order chi connectivity index (χ0) is 18.8. The first-order valence-corrected chi connectivity index (χ1v) is 12.1. The molecule has 0 bridgehead atoms. The number of allylic oxidation sites excluding steroid dienone is 2. The highest BCUT2D eigenvalue weighted by Gasteiger charge is 2.60. The molecule has 27 heavy (non-hydrogen) atoms. The first kappa shape index (κ1) is 18.5. The van der Waals surface area contributed by atoms with Gasteiger partial charge < -0.3 is 10.0 Å². The number of aliphatic hydroxyl groups excluding tert-OH is 1. The molecule has 1 heterocycles. The lowest BCUT2D eigenvalue weighted by molar-refractivity contribution is -0.142. The summed E-state index contributed by atoms with van der Waals surface area (Å²) in [6.45, 7) is 10.4. The number of piperidine rings is 1. The van der Waals surface area contributed by atoms with Crippen LogP contribution in [0.1, 0.15) is 85.0 Å². The third kappa shape index (κ3) is 2.68. The standard InChI is InChI=1S/C25H41NO/c1-17-15-18-16-19(27)9-11-24(18,2)21-10-12-25(3)20(23(17)21)7-8-22(25)26-13-5-4-6-14-26/h8,17-21,23,27H,4-7,9-16H2,1-3H3/t17-,18?,19+,20-,21-,23-,24-,25-/m0/s1. The van der Waals surface area contributed by atoms with Crippen LogP contribution >= 0.6 is 0 Å². The third-order valence-corrected chi connectivity index (χ3v) is 10.2. The lowest BCUT2D eigenvalue weighted by Gasteiger charge is -2.63. The monoisotopic (exact) mass is 371 g/mol. The summed E-state index contributed by atoms with van der Waals surface area (Å²) >= 11 is 0. The van der Waals surface area contributed by atoms with E-state index in [1.165, 1.54) is 64.5 Å². The summed E-state index contributed by atoms with van der Waals surface area (Å²) in [6, 6.07) is 0. The van der Waals surface area contributed by atoms with Crippen LogP contribution in [0.4, 0.5) is 0 Å². The first-order chi connectivity index (χ1) is 12.9. The molecule has 0 radical (unpaired) electrons. The molecule has 152 valence electrons. The maximum Gasteiger partial charge on any atom is 0.0543 e. The van der Waals surface area contributed by atoms with E-state index in [2.05, 4.69) is 31.7 Å². The molecule has 1 aliphatic heterocycles. The minimum Gasteiger partial charge on any atom is -0.393 e. The number of rotatable bonds is 1. The van der Waals surface area contributed by atoms with Crippen LogP contribution in [0.15, 0.2) is 11.8 Å². The quantitative estimate of drug-likeness (QED) is 0.647. The maximum absolute atomic E-state index is 10.3. The molecule has 0 aromatic rings. The normalized spacial score (nSPS) is 52.6. The fourth-order valence-electron chi connectivity index (χ4n) is 8.79. The lowest BCUT2D eigenvalue weighted by atomic mass is 9.43. The lowest BCUT2D eigenvalue weighted by Crippen LogP contribution is -2.56. The smallest absolute Gasteiger partial charge is 0.0543 e. The Morgan fingerprint density at radius 2 is 1.78 bits per heavy atom. The van der Waals surface area contributed by atoms with Gasteiger partial charge in [0.15, 0.2) is 0 Å². The van der Waals surface area contributed by atoms with Gasteiger partial charge in [0.25, 0.3) is 0 Å². The van der Waals surface area contributed by atoms with Crippen LogP contribution in [-0.2, 0) is 0 Å². The number of aliphatic hydroxyl groups is 1. The molecule has 0 spiro atoms. The number of likely N-dealkylation sites (tertiary alicyclic amines) is 1. The summed E-state index contributed by atoms with van der Waals surface area (Å²) in [6.07, 6.45) is 15.8. The fraction of sp³-hybridized carbons (Fsp3) is 0.920. The molecule has 5 rings (SSSR count). The van der Waals surface area contributed by atoms with Crippen molar-refractivity contribution in [1.82, 2.24) is 4.90 Å². The van der Waals surface area contributed by atoms with Gasteiger partial charge in [0.2, 0.25) is 0 Å². The summed E-state index contributed by atoms with van der Waals surface area (Å²) < 4.78 is 0. The van der Waals surface area contributed by atoms with E-state index in [4.69, 9.17) is 0 Å². The molecule has 4 aliphatic carbocycles. The van der Waals surface area contributed by atoms with Crippen molar-refractivity contribution in [1.29, 1.82) is 0 Å². The zero-order valence-corrected chi connectivity index (χ0v) is 17.9. The van der Waals surface area contributed by atoms with Crippen molar-refractivity contribution in [2.45, 2.75) is 91.1 Å². The Hall–Kier alpha value is -0.500. The summed E-state index contributed by atoms with van der Waals surface area (Å²) in [5, 5.41) is 10.3. The van der Waals surface area contributed by atoms with Crippen molar-refractivity contribution in [3.05, 3.63) is 11.8 Å². The predicted octanol–water partition coefficient (Wildman–Crippen LogP) is 5.62. The predicted molar refractivity (Wildman–Crippen MR) is 111 cm³/mol. The van der Waals surface area contributed by atoms with E-state index in [-0.39, 0.29) is 6.10 Å². The number of fused-ring (bicyclic) bond motifs is 5. The maximum atomic E-state index is 10.3. The largest absolute Gasteiger partial charge is 0.393 e. The number of nitrogens with zero attached hydrogens (tertiary/aromatic N) is 1. The second-order valence-electron chi connectivity index (χ2n) is 11.5. The Labute approximate surface area is 166 Å². The SMILES string of the molecule is C[C@H]1CC2C[C@H](O)CC[C@]2(C)[C@H]2CC[C@]3(C)C(N4CCCCC4)=CC[C@H]3[C@H]12. The van der Waals surface area contributed by atoms with Crippen molar-refractivity contribution in [2.24, 2.45) is 40.4 Å². The van der Waals surface area contributed by atoms with E-state index >= 15 is 0 Å². The first-order valence-electron chi connectivity index (χ1n) is 12.1. The molecule has 3 saturated carbocycles. The van der Waals surface area contributed by atoms with Gasteiger partial charge in [0.05, 0.1) is 6.10 Å². The molecule has 4 fully saturated rings. The van der Waals surface area contributed by atoms with Gasteiger partial charge in [-0.05, 0) is 99.2 Å². The van der Waals surface area contributed by atoms with Crippen molar-refractivity contribution in [3.8, 4) is 0 Å². The zero-order valence-electron chi connectivity index (χ0n) is 17.9. The summed E-state index contributed by atoms with van der Waals surface area (Å²) in [7, 11) is 0. The van der Waals surface area contributed by atoms with Gasteiger partial charge in [-0.15, -0.1) is 0 Å². The molecule has 2 heteroatoms. The van der Waals surface area contributed by atoms with Crippen molar-refractivity contribution < 1.29 is 5.11 Å². The van der Waals surface area contributed by atoms with Gasteiger partial charge in [-0.3, -0.25) is 0 Å². The van der Waals surface area contributed by atoms with Crippen LogP contribution < -0.4 is 0 Å². The second-order valence-corrected chi connectivity index (χ2v) is 11.5. The van der Waals surface area contributed by atoms with Crippen LogP contribution in [0.3, 0.4) is 0 Å². The van der Waals surface area contributed by atoms with Crippen LogP contribution in [0.2, 0.25) is 0 Å².